The summed E-state index contributed by atoms with van der Waals surface area (Å²) >= 11 is 5.66. The predicted octanol–water partition coefficient (Wildman–Crippen LogP) is -6.99. The van der Waals surface area contributed by atoms with Crippen molar-refractivity contribution in [1.82, 2.24) is 0 Å². The Balaban J connectivity index is 0. The molecule has 17 heavy (non-hydrogen) atoms. The van der Waals surface area contributed by atoms with Gasteiger partial charge in [-0.05, 0) is 24.1 Å². The van der Waals surface area contributed by atoms with E-state index in [4.69, 9.17) is 11.6 Å². The van der Waals surface area contributed by atoms with Crippen LogP contribution in [0.4, 0.5) is 0 Å². The molecule has 0 fully saturated rings. The molecule has 0 aliphatic carbocycles. The smallest absolute Gasteiger partial charge is 0.549 e. The Morgan fingerprint density at radius 3 is 2.12 bits per heavy atom. The van der Waals surface area contributed by atoms with Crippen molar-refractivity contribution in [3.63, 3.8) is 0 Å². The number of benzene rings is 1. The van der Waals surface area contributed by atoms with Crippen LogP contribution in [0.5, 0.6) is 0 Å². The molecule has 80 valence electrons. The van der Waals surface area contributed by atoms with Gasteiger partial charge in [-0.3, -0.25) is 0 Å². The molecule has 0 bridgehead atoms. The molecule has 1 aromatic carbocycles. The Kier molecular flexibility index (Phi) is 10.9. The summed E-state index contributed by atoms with van der Waals surface area (Å²) in [7, 11) is 0. The van der Waals surface area contributed by atoms with Crippen molar-refractivity contribution in [3.05, 3.63) is 34.9 Å². The number of carbonyl (C=O) groups excluding carboxylic acids is 2. The van der Waals surface area contributed by atoms with Crippen LogP contribution in [-0.2, 0) is 16.0 Å². The van der Waals surface area contributed by atoms with Crippen molar-refractivity contribution < 1.29 is 78.9 Å². The fraction of sp³-hybridized carbons (Fsp3) is 0.200. The molecule has 1 rings (SSSR count). The van der Waals surface area contributed by atoms with Crippen LogP contribution in [0.1, 0.15) is 5.56 Å². The van der Waals surface area contributed by atoms with Gasteiger partial charge >= 0.3 is 59.1 Å². The third kappa shape index (κ3) is 6.82. The van der Waals surface area contributed by atoms with Crippen LogP contribution in [0.15, 0.2) is 24.3 Å². The van der Waals surface area contributed by atoms with Crippen LogP contribution in [0.2, 0.25) is 5.02 Å². The number of hydrogen-bond acceptors (Lipinski definition) is 4. The van der Waals surface area contributed by atoms with E-state index in [0.29, 0.717) is 10.6 Å². The summed E-state index contributed by atoms with van der Waals surface area (Å²) in [5.74, 6) is -4.96. The Labute approximate surface area is 148 Å². The standard InChI is InChI=1S/C10H9ClO4.2Na/c11-7-3-1-2-6(4-7)5-8(9(12)13)10(14)15;;/h1-4,8H,5H2,(H,12,13)(H,14,15);;/q;2*+1/p-2. The van der Waals surface area contributed by atoms with E-state index < -0.39 is 17.9 Å². The van der Waals surface area contributed by atoms with Gasteiger partial charge in [0.25, 0.3) is 0 Å². The van der Waals surface area contributed by atoms with Crippen molar-refractivity contribution in [2.24, 2.45) is 5.92 Å². The van der Waals surface area contributed by atoms with Gasteiger partial charge in [-0.1, -0.05) is 23.7 Å². The van der Waals surface area contributed by atoms with E-state index in [0.717, 1.165) is 0 Å². The number of carboxylic acid groups (broad SMARTS) is 2. The largest absolute Gasteiger partial charge is 1.00 e. The summed E-state index contributed by atoms with van der Waals surface area (Å²) in [4.78, 5) is 20.9. The molecule has 0 heterocycles. The van der Waals surface area contributed by atoms with Crippen LogP contribution in [0.25, 0.3) is 0 Å². The van der Waals surface area contributed by atoms with Crippen LogP contribution in [0.3, 0.4) is 0 Å². The molecule has 7 heteroatoms. The molecule has 4 nitrogen and oxygen atoms in total. The topological polar surface area (TPSA) is 80.3 Å². The van der Waals surface area contributed by atoms with E-state index in [-0.39, 0.29) is 65.5 Å². The van der Waals surface area contributed by atoms with E-state index in [9.17, 15) is 19.8 Å². The zero-order valence-electron chi connectivity index (χ0n) is 9.60. The van der Waals surface area contributed by atoms with E-state index in [2.05, 4.69) is 0 Å². The maximum Gasteiger partial charge on any atom is 1.00 e. The fourth-order valence-corrected chi connectivity index (χ4v) is 1.38. The Morgan fingerprint density at radius 2 is 1.71 bits per heavy atom. The normalized spacial score (nSPS) is 9.06. The van der Waals surface area contributed by atoms with Crippen molar-refractivity contribution in [1.29, 1.82) is 0 Å². The summed E-state index contributed by atoms with van der Waals surface area (Å²) in [6.45, 7) is 0. The molecule has 0 aliphatic heterocycles. The fourth-order valence-electron chi connectivity index (χ4n) is 1.16. The van der Waals surface area contributed by atoms with Crippen molar-refractivity contribution in [2.45, 2.75) is 6.42 Å². The summed E-state index contributed by atoms with van der Waals surface area (Å²) in [6.07, 6.45) is -0.189. The quantitative estimate of drug-likeness (QED) is 0.403. The van der Waals surface area contributed by atoms with E-state index in [1.807, 2.05) is 0 Å². The monoisotopic (exact) mass is 272 g/mol. The molecule has 0 N–H and O–H groups in total. The first-order valence-corrected chi connectivity index (χ1v) is 4.54. The second-order valence-corrected chi connectivity index (χ2v) is 3.46. The number of halogens is 1. The minimum atomic E-state index is -1.66. The van der Waals surface area contributed by atoms with E-state index in [1.54, 1.807) is 18.2 Å². The molecule has 1 aromatic rings. The van der Waals surface area contributed by atoms with Gasteiger partial charge in [0.15, 0.2) is 0 Å². The zero-order valence-corrected chi connectivity index (χ0v) is 14.4. The van der Waals surface area contributed by atoms with Crippen LogP contribution in [0, 0.1) is 5.92 Å². The minimum absolute atomic E-state index is 0. The average Bonchev–Trinajstić information content (AvgIpc) is 2.13. The summed E-state index contributed by atoms with van der Waals surface area (Å²) in [5, 5.41) is 21.4. The number of carboxylic acids is 2. The van der Waals surface area contributed by atoms with Gasteiger partial charge in [0, 0.05) is 10.9 Å². The van der Waals surface area contributed by atoms with Crippen molar-refractivity contribution in [2.75, 3.05) is 0 Å². The molecule has 0 unspecified atom stereocenters. The van der Waals surface area contributed by atoms with Gasteiger partial charge in [-0.25, -0.2) is 0 Å². The Morgan fingerprint density at radius 1 is 1.18 bits per heavy atom. The van der Waals surface area contributed by atoms with Crippen LogP contribution < -0.4 is 69.3 Å². The molecule has 0 amide bonds. The summed E-state index contributed by atoms with van der Waals surface area (Å²) in [5.41, 5.74) is 0.515. The molecule has 0 saturated carbocycles. The first-order chi connectivity index (χ1) is 7.00. The second kappa shape index (κ2) is 9.39. The average molecular weight is 273 g/mol. The molecule has 0 spiro atoms. The molecular formula is C10H7ClNa2O4. The number of rotatable bonds is 4. The van der Waals surface area contributed by atoms with Crippen molar-refractivity contribution >= 4 is 23.5 Å². The zero-order chi connectivity index (χ0) is 11.4. The first-order valence-electron chi connectivity index (χ1n) is 4.17. The molecule has 0 saturated heterocycles. The Hall–Kier alpha value is 0.450. The van der Waals surface area contributed by atoms with Gasteiger partial charge in [0.1, 0.15) is 0 Å². The molecule has 0 atom stereocenters. The molecule has 0 aromatic heterocycles. The number of hydrogen-bond donors (Lipinski definition) is 0. The summed E-state index contributed by atoms with van der Waals surface area (Å²) in [6, 6.07) is 6.31. The number of aliphatic carboxylic acids is 2. The molecule has 0 aliphatic rings. The van der Waals surface area contributed by atoms with Gasteiger partial charge in [-0.15, -0.1) is 0 Å². The van der Waals surface area contributed by atoms with Crippen molar-refractivity contribution in [3.8, 4) is 0 Å². The first kappa shape index (κ1) is 19.8. The third-order valence-electron chi connectivity index (χ3n) is 1.90. The van der Waals surface area contributed by atoms with E-state index >= 15 is 0 Å². The maximum atomic E-state index is 10.5. The SMILES string of the molecule is O=C([O-])C(Cc1cccc(Cl)c1)C(=O)[O-].[Na+].[Na+]. The number of carbonyl (C=O) groups is 2. The molecular weight excluding hydrogens is 266 g/mol. The van der Waals surface area contributed by atoms with Crippen LogP contribution >= 0.6 is 11.6 Å². The predicted molar refractivity (Wildman–Crippen MR) is 48.7 cm³/mol. The van der Waals surface area contributed by atoms with Crippen LogP contribution in [-0.4, -0.2) is 11.9 Å². The van der Waals surface area contributed by atoms with Gasteiger partial charge < -0.3 is 19.8 Å². The third-order valence-corrected chi connectivity index (χ3v) is 2.13. The van der Waals surface area contributed by atoms with Gasteiger partial charge in [0.2, 0.25) is 0 Å². The second-order valence-electron chi connectivity index (χ2n) is 3.02. The maximum absolute atomic E-state index is 10.5. The minimum Gasteiger partial charge on any atom is -0.549 e. The molecule has 0 radical (unpaired) electrons. The van der Waals surface area contributed by atoms with Gasteiger partial charge in [0.05, 0.1) is 11.9 Å². The Bertz CT molecular complexity index is 384. The van der Waals surface area contributed by atoms with E-state index in [1.165, 1.54) is 6.07 Å². The summed E-state index contributed by atoms with van der Waals surface area (Å²) < 4.78 is 0. The van der Waals surface area contributed by atoms with Gasteiger partial charge in [-0.2, -0.15) is 0 Å².